The normalized spacial score (nSPS) is 11.7. The van der Waals surface area contributed by atoms with Crippen molar-refractivity contribution in [2.24, 2.45) is 5.92 Å². The molecule has 0 saturated carbocycles. The van der Waals surface area contributed by atoms with Crippen LogP contribution in [0.5, 0.6) is 0 Å². The van der Waals surface area contributed by atoms with Crippen molar-refractivity contribution in [2.75, 3.05) is 6.61 Å². The third-order valence-electron chi connectivity index (χ3n) is 3.71. The maximum absolute atomic E-state index is 13.7. The first-order valence-electron chi connectivity index (χ1n) is 8.39. The topological polar surface area (TPSA) is 97.6 Å². The van der Waals surface area contributed by atoms with Crippen molar-refractivity contribution >= 4 is 17.8 Å². The third kappa shape index (κ3) is 5.95. The minimum Gasteiger partial charge on any atom is -0.467 e. The number of amides is 2. The molecule has 0 bridgehead atoms. The largest absolute Gasteiger partial charge is 0.467 e. The van der Waals surface area contributed by atoms with E-state index in [4.69, 9.17) is 9.15 Å². The molecule has 1 aromatic carbocycles. The molecule has 0 fully saturated rings. The Morgan fingerprint density at radius 3 is 2.52 bits per heavy atom. The molecule has 0 saturated heterocycles. The molecule has 2 amide bonds. The Labute approximate surface area is 155 Å². The van der Waals surface area contributed by atoms with Gasteiger partial charge in [0, 0.05) is 0 Å². The number of benzene rings is 1. The molecule has 1 atom stereocenters. The standard InChI is InChI=1S/C19H21FN2O5/c1-12(2)17(22-18(24)14-7-3-4-8-15(14)20)19(25)27-11-16(23)21-10-13-6-5-9-26-13/h3-9,12,17H,10-11H2,1-2H3,(H,21,23)(H,22,24)/t17-/m0/s1. The molecule has 0 aliphatic rings. The lowest BCUT2D eigenvalue weighted by atomic mass is 10.0. The fourth-order valence-electron chi connectivity index (χ4n) is 2.24. The van der Waals surface area contributed by atoms with Gasteiger partial charge in [-0.1, -0.05) is 26.0 Å². The highest BCUT2D eigenvalue weighted by atomic mass is 19.1. The van der Waals surface area contributed by atoms with E-state index in [1.807, 2.05) is 0 Å². The molecule has 7 nitrogen and oxygen atoms in total. The summed E-state index contributed by atoms with van der Waals surface area (Å²) in [6.45, 7) is 3.06. The van der Waals surface area contributed by atoms with Crippen molar-refractivity contribution in [1.82, 2.24) is 10.6 Å². The molecule has 2 N–H and O–H groups in total. The van der Waals surface area contributed by atoms with Gasteiger partial charge in [-0.05, 0) is 30.2 Å². The van der Waals surface area contributed by atoms with E-state index >= 15 is 0 Å². The summed E-state index contributed by atoms with van der Waals surface area (Å²) in [4.78, 5) is 36.2. The summed E-state index contributed by atoms with van der Waals surface area (Å²) in [5, 5.41) is 4.99. The van der Waals surface area contributed by atoms with Gasteiger partial charge in [0.2, 0.25) is 0 Å². The number of esters is 1. The molecule has 0 aliphatic heterocycles. The van der Waals surface area contributed by atoms with Gasteiger partial charge in [0.05, 0.1) is 18.4 Å². The number of rotatable bonds is 8. The molecule has 0 radical (unpaired) electrons. The van der Waals surface area contributed by atoms with Gasteiger partial charge < -0.3 is 19.8 Å². The Morgan fingerprint density at radius 2 is 1.89 bits per heavy atom. The fourth-order valence-corrected chi connectivity index (χ4v) is 2.24. The number of carbonyl (C=O) groups is 3. The van der Waals surface area contributed by atoms with E-state index in [0.29, 0.717) is 5.76 Å². The van der Waals surface area contributed by atoms with Crippen molar-refractivity contribution < 1.29 is 27.9 Å². The maximum Gasteiger partial charge on any atom is 0.329 e. The second-order valence-corrected chi connectivity index (χ2v) is 6.14. The van der Waals surface area contributed by atoms with E-state index in [-0.39, 0.29) is 18.0 Å². The molecule has 1 aromatic heterocycles. The van der Waals surface area contributed by atoms with Crippen LogP contribution in [0, 0.1) is 11.7 Å². The van der Waals surface area contributed by atoms with E-state index in [0.717, 1.165) is 6.07 Å². The van der Waals surface area contributed by atoms with Gasteiger partial charge in [0.25, 0.3) is 11.8 Å². The van der Waals surface area contributed by atoms with Crippen LogP contribution in [0.15, 0.2) is 47.1 Å². The Morgan fingerprint density at radius 1 is 1.15 bits per heavy atom. The average molecular weight is 376 g/mol. The number of nitrogens with one attached hydrogen (secondary N) is 2. The number of furan rings is 1. The summed E-state index contributed by atoms with van der Waals surface area (Å²) in [5.41, 5.74) is -0.174. The lowest BCUT2D eigenvalue weighted by Gasteiger charge is -2.21. The molecule has 0 aliphatic carbocycles. The minimum atomic E-state index is -1.02. The molecular formula is C19H21FN2O5. The van der Waals surface area contributed by atoms with Gasteiger partial charge in [-0.3, -0.25) is 9.59 Å². The number of halogens is 1. The first-order chi connectivity index (χ1) is 12.9. The number of hydrogen-bond donors (Lipinski definition) is 2. The van der Waals surface area contributed by atoms with E-state index in [1.54, 1.807) is 26.0 Å². The summed E-state index contributed by atoms with van der Waals surface area (Å²) >= 11 is 0. The lowest BCUT2D eigenvalue weighted by molar-refractivity contribution is -0.151. The van der Waals surface area contributed by atoms with Crippen LogP contribution in [0.4, 0.5) is 4.39 Å². The highest BCUT2D eigenvalue weighted by molar-refractivity contribution is 5.97. The quantitative estimate of drug-likeness (QED) is 0.687. The highest BCUT2D eigenvalue weighted by Gasteiger charge is 2.27. The lowest BCUT2D eigenvalue weighted by Crippen LogP contribution is -2.46. The van der Waals surface area contributed by atoms with E-state index in [2.05, 4.69) is 10.6 Å². The van der Waals surface area contributed by atoms with Gasteiger partial charge in [-0.2, -0.15) is 0 Å². The molecule has 8 heteroatoms. The fraction of sp³-hybridized carbons (Fsp3) is 0.316. The molecule has 0 unspecified atom stereocenters. The molecule has 27 heavy (non-hydrogen) atoms. The Hall–Kier alpha value is -3.16. The molecular weight excluding hydrogens is 355 g/mol. The predicted octanol–water partition coefficient (Wildman–Crippen LogP) is 2.03. The number of carbonyl (C=O) groups excluding carboxylic acids is 3. The van der Waals surface area contributed by atoms with Gasteiger partial charge in [-0.15, -0.1) is 0 Å². The van der Waals surface area contributed by atoms with Gasteiger partial charge in [-0.25, -0.2) is 9.18 Å². The first-order valence-corrected chi connectivity index (χ1v) is 8.39. The van der Waals surface area contributed by atoms with Crippen LogP contribution in [0.3, 0.4) is 0 Å². The average Bonchev–Trinajstić information content (AvgIpc) is 3.16. The SMILES string of the molecule is CC(C)[C@H](NC(=O)c1ccccc1F)C(=O)OCC(=O)NCc1ccco1. The summed E-state index contributed by atoms with van der Waals surface area (Å²) in [6, 6.07) is 7.81. The van der Waals surface area contributed by atoms with E-state index < -0.39 is 36.2 Å². The zero-order valence-electron chi connectivity index (χ0n) is 15.0. The molecule has 144 valence electrons. The monoisotopic (exact) mass is 376 g/mol. The molecule has 1 heterocycles. The van der Waals surface area contributed by atoms with Crippen LogP contribution in [0.1, 0.15) is 30.0 Å². The van der Waals surface area contributed by atoms with Crippen molar-refractivity contribution in [2.45, 2.75) is 26.4 Å². The molecule has 2 aromatic rings. The third-order valence-corrected chi connectivity index (χ3v) is 3.71. The van der Waals surface area contributed by atoms with Crippen LogP contribution in [-0.2, 0) is 20.9 Å². The van der Waals surface area contributed by atoms with Crippen LogP contribution in [-0.4, -0.2) is 30.4 Å². The van der Waals surface area contributed by atoms with Crippen molar-refractivity contribution in [3.8, 4) is 0 Å². The van der Waals surface area contributed by atoms with Crippen LogP contribution >= 0.6 is 0 Å². The Balaban J connectivity index is 1.87. The van der Waals surface area contributed by atoms with Gasteiger partial charge in [0.1, 0.15) is 17.6 Å². The summed E-state index contributed by atoms with van der Waals surface area (Å²) in [7, 11) is 0. The van der Waals surface area contributed by atoms with E-state index in [1.165, 1.54) is 24.5 Å². The van der Waals surface area contributed by atoms with Gasteiger partial charge >= 0.3 is 5.97 Å². The predicted molar refractivity (Wildman–Crippen MR) is 94.0 cm³/mol. The zero-order valence-corrected chi connectivity index (χ0v) is 15.0. The summed E-state index contributed by atoms with van der Waals surface area (Å²) in [5.74, 6) is -2.47. The van der Waals surface area contributed by atoms with Crippen molar-refractivity contribution in [3.05, 3.63) is 59.8 Å². The molecule has 2 rings (SSSR count). The molecule has 0 spiro atoms. The highest BCUT2D eigenvalue weighted by Crippen LogP contribution is 2.10. The van der Waals surface area contributed by atoms with Crippen molar-refractivity contribution in [3.63, 3.8) is 0 Å². The van der Waals surface area contributed by atoms with Crippen molar-refractivity contribution in [1.29, 1.82) is 0 Å². The smallest absolute Gasteiger partial charge is 0.329 e. The number of ether oxygens (including phenoxy) is 1. The summed E-state index contributed by atoms with van der Waals surface area (Å²) in [6.07, 6.45) is 1.48. The maximum atomic E-state index is 13.7. The Kier molecular flexibility index (Phi) is 7.10. The van der Waals surface area contributed by atoms with Crippen LogP contribution in [0.2, 0.25) is 0 Å². The zero-order chi connectivity index (χ0) is 19.8. The second kappa shape index (κ2) is 9.51. The van der Waals surface area contributed by atoms with Gasteiger partial charge in [0.15, 0.2) is 6.61 Å². The minimum absolute atomic E-state index is 0.168. The van der Waals surface area contributed by atoms with Crippen LogP contribution in [0.25, 0.3) is 0 Å². The summed E-state index contributed by atoms with van der Waals surface area (Å²) < 4.78 is 23.8. The first kappa shape index (κ1) is 20.2. The van der Waals surface area contributed by atoms with E-state index in [9.17, 15) is 18.8 Å². The second-order valence-electron chi connectivity index (χ2n) is 6.14. The Bertz CT molecular complexity index is 789. The number of hydrogen-bond acceptors (Lipinski definition) is 5. The van der Waals surface area contributed by atoms with Crippen LogP contribution < -0.4 is 10.6 Å².